The fraction of sp³-hybridized carbons (Fsp3) is 0.238. The predicted octanol–water partition coefficient (Wildman–Crippen LogP) is -1.91. The number of fused-ring (bicyclic) bond motifs is 3. The van der Waals surface area contributed by atoms with Crippen LogP contribution in [-0.4, -0.2) is 11.7 Å². The normalized spacial score (nSPS) is 17.0. The van der Waals surface area contributed by atoms with Gasteiger partial charge in [0.25, 0.3) is 0 Å². The largest absolute Gasteiger partial charge is 1.00 e. The molecule has 0 saturated heterocycles. The SMILES string of the molecule is CC1c2ccccc2-c2ccc(C3=C(CCO)C=CC3)[c]([Zr+2])c21.[Cl-].[Cl-]. The van der Waals surface area contributed by atoms with Crippen LogP contribution in [0.1, 0.15) is 42.4 Å². The third-order valence-electron chi connectivity index (χ3n) is 5.13. The first-order valence-electron chi connectivity index (χ1n) is 8.20. The van der Waals surface area contributed by atoms with Crippen LogP contribution in [0, 0.1) is 0 Å². The Morgan fingerprint density at radius 1 is 1.04 bits per heavy atom. The number of benzene rings is 2. The molecular weight excluding hydrogens is 430 g/mol. The van der Waals surface area contributed by atoms with E-state index >= 15 is 0 Å². The van der Waals surface area contributed by atoms with Crippen LogP contribution < -0.4 is 28.1 Å². The zero-order valence-corrected chi connectivity index (χ0v) is 18.0. The number of hydrogen-bond donors (Lipinski definition) is 1. The van der Waals surface area contributed by atoms with Crippen molar-refractivity contribution in [3.63, 3.8) is 0 Å². The Kier molecular flexibility index (Phi) is 6.90. The van der Waals surface area contributed by atoms with Crippen molar-refractivity contribution in [3.8, 4) is 11.1 Å². The van der Waals surface area contributed by atoms with Crippen LogP contribution in [0.15, 0.2) is 54.1 Å². The summed E-state index contributed by atoms with van der Waals surface area (Å²) in [5.41, 5.74) is 9.91. The summed E-state index contributed by atoms with van der Waals surface area (Å²) in [5.74, 6) is 0.478. The molecule has 0 fully saturated rings. The molecule has 1 unspecified atom stereocenters. The van der Waals surface area contributed by atoms with E-state index in [1.165, 1.54) is 67.0 Å². The maximum absolute atomic E-state index is 9.31. The van der Waals surface area contributed by atoms with E-state index in [9.17, 15) is 5.11 Å². The van der Waals surface area contributed by atoms with Crippen molar-refractivity contribution in [3.05, 3.63) is 70.8 Å². The molecule has 127 valence electrons. The third-order valence-corrected chi connectivity index (χ3v) is 6.45. The third kappa shape index (κ3) is 3.35. The van der Waals surface area contributed by atoms with Gasteiger partial charge in [-0.15, -0.1) is 0 Å². The molecule has 1 atom stereocenters. The average molecular weight is 450 g/mol. The first kappa shape index (κ1) is 20.7. The minimum atomic E-state index is 0. The number of hydrogen-bond acceptors (Lipinski definition) is 1. The van der Waals surface area contributed by atoms with Gasteiger partial charge in [0, 0.05) is 0 Å². The van der Waals surface area contributed by atoms with Crippen molar-refractivity contribution in [2.24, 2.45) is 0 Å². The molecule has 2 aromatic rings. The van der Waals surface area contributed by atoms with Crippen LogP contribution in [0.4, 0.5) is 0 Å². The standard InChI is InChI=1S/C21H19O.2ClH.Zr/c1-14-17-6-2-3-7-19(17)20-10-9-16(13-21(14)20)18-8-4-5-15(18)11-12-22;;;/h2-7,9-10,14,22H,8,11-12H2,1H3;2*1H;/q;;;+2/p-2. The number of allylic oxidation sites excluding steroid dienone is 3. The van der Waals surface area contributed by atoms with Crippen LogP contribution in [0.5, 0.6) is 0 Å². The molecule has 1 nitrogen and oxygen atoms in total. The molecule has 0 aromatic heterocycles. The number of aliphatic hydroxyl groups excluding tert-OH is 1. The van der Waals surface area contributed by atoms with Crippen LogP contribution in [-0.2, 0) is 24.7 Å². The Balaban J connectivity index is 0.00000113. The maximum Gasteiger partial charge on any atom is -1.00 e. The minimum Gasteiger partial charge on any atom is -1.00 e. The Morgan fingerprint density at radius 3 is 2.52 bits per heavy atom. The van der Waals surface area contributed by atoms with Gasteiger partial charge in [-0.2, -0.15) is 0 Å². The van der Waals surface area contributed by atoms with E-state index in [0.29, 0.717) is 5.92 Å². The molecule has 0 saturated carbocycles. The summed E-state index contributed by atoms with van der Waals surface area (Å²) in [5, 5.41) is 9.31. The van der Waals surface area contributed by atoms with E-state index in [0.717, 1.165) is 12.8 Å². The summed E-state index contributed by atoms with van der Waals surface area (Å²) in [6.45, 7) is 2.56. The van der Waals surface area contributed by atoms with Crippen molar-refractivity contribution in [2.75, 3.05) is 6.61 Å². The second-order valence-electron chi connectivity index (χ2n) is 6.34. The summed E-state index contributed by atoms with van der Waals surface area (Å²) < 4.78 is 1.49. The van der Waals surface area contributed by atoms with Gasteiger partial charge in [0.1, 0.15) is 0 Å². The topological polar surface area (TPSA) is 20.2 Å². The van der Waals surface area contributed by atoms with Gasteiger partial charge in [0.15, 0.2) is 0 Å². The summed E-state index contributed by atoms with van der Waals surface area (Å²) >= 11 is 1.48. The fourth-order valence-electron chi connectivity index (χ4n) is 4.02. The molecule has 0 spiro atoms. The molecule has 2 aromatic carbocycles. The van der Waals surface area contributed by atoms with Gasteiger partial charge < -0.3 is 24.8 Å². The van der Waals surface area contributed by atoms with Gasteiger partial charge in [0.05, 0.1) is 0 Å². The molecular formula is C21H19Cl2OZr. The van der Waals surface area contributed by atoms with E-state index in [2.05, 4.69) is 55.5 Å². The van der Waals surface area contributed by atoms with E-state index < -0.39 is 0 Å². The van der Waals surface area contributed by atoms with Crippen molar-refractivity contribution >= 4 is 8.84 Å². The molecule has 2 aliphatic carbocycles. The second-order valence-corrected chi connectivity index (χ2v) is 7.57. The molecule has 0 radical (unpaired) electrons. The first-order valence-corrected chi connectivity index (χ1v) is 9.43. The average Bonchev–Trinajstić information content (AvgIpc) is 3.13. The molecule has 0 bridgehead atoms. The van der Waals surface area contributed by atoms with Gasteiger partial charge in [-0.05, 0) is 0 Å². The summed E-state index contributed by atoms with van der Waals surface area (Å²) in [7, 11) is 0. The smallest absolute Gasteiger partial charge is 1.00 e. The number of halogens is 2. The van der Waals surface area contributed by atoms with Gasteiger partial charge in [-0.1, -0.05) is 0 Å². The van der Waals surface area contributed by atoms with Gasteiger partial charge >= 0.3 is 153 Å². The van der Waals surface area contributed by atoms with E-state index in [4.69, 9.17) is 0 Å². The van der Waals surface area contributed by atoms with Crippen molar-refractivity contribution in [2.45, 2.75) is 25.7 Å². The quantitative estimate of drug-likeness (QED) is 0.581. The zero-order valence-electron chi connectivity index (χ0n) is 14.0. The number of aliphatic hydroxyl groups is 1. The van der Waals surface area contributed by atoms with Crippen LogP contribution in [0.25, 0.3) is 16.7 Å². The Bertz CT molecular complexity index is 855. The Labute approximate surface area is 176 Å². The molecule has 0 aliphatic heterocycles. The van der Waals surface area contributed by atoms with Crippen LogP contribution >= 0.6 is 0 Å². The van der Waals surface area contributed by atoms with Crippen molar-refractivity contribution in [1.82, 2.24) is 0 Å². The van der Waals surface area contributed by atoms with E-state index in [1.54, 1.807) is 0 Å². The second kappa shape index (κ2) is 8.36. The van der Waals surface area contributed by atoms with Gasteiger partial charge in [0.2, 0.25) is 0 Å². The summed E-state index contributed by atoms with van der Waals surface area (Å²) in [6.07, 6.45) is 6.17. The molecule has 1 N–H and O–H groups in total. The Hall–Kier alpha value is -0.657. The van der Waals surface area contributed by atoms with Crippen molar-refractivity contribution < 1.29 is 54.6 Å². The fourth-order valence-corrected chi connectivity index (χ4v) is 5.46. The van der Waals surface area contributed by atoms with E-state index in [-0.39, 0.29) is 31.4 Å². The maximum atomic E-state index is 9.31. The monoisotopic (exact) mass is 447 g/mol. The van der Waals surface area contributed by atoms with Crippen LogP contribution in [0.2, 0.25) is 0 Å². The number of rotatable bonds is 3. The molecule has 0 amide bonds. The predicted molar refractivity (Wildman–Crippen MR) is 91.4 cm³/mol. The van der Waals surface area contributed by atoms with Crippen LogP contribution in [0.3, 0.4) is 0 Å². The van der Waals surface area contributed by atoms with Gasteiger partial charge in [-0.25, -0.2) is 0 Å². The van der Waals surface area contributed by atoms with E-state index in [1.807, 2.05) is 0 Å². The first-order chi connectivity index (χ1) is 11.2. The summed E-state index contributed by atoms with van der Waals surface area (Å²) in [6, 6.07) is 13.4. The van der Waals surface area contributed by atoms with Crippen molar-refractivity contribution in [1.29, 1.82) is 0 Å². The molecule has 25 heavy (non-hydrogen) atoms. The molecule has 0 heterocycles. The van der Waals surface area contributed by atoms with Gasteiger partial charge in [-0.3, -0.25) is 0 Å². The molecule has 2 aliphatic rings. The minimum absolute atomic E-state index is 0. The molecule has 4 heteroatoms. The Morgan fingerprint density at radius 2 is 1.76 bits per heavy atom. The summed E-state index contributed by atoms with van der Waals surface area (Å²) in [4.78, 5) is 0. The zero-order chi connectivity index (χ0) is 16.0. The molecule has 4 rings (SSSR count).